The van der Waals surface area contributed by atoms with Gasteiger partial charge in [-0.25, -0.2) is 9.59 Å². The van der Waals surface area contributed by atoms with E-state index in [1.807, 2.05) is 49.4 Å². The van der Waals surface area contributed by atoms with E-state index in [0.717, 1.165) is 97.8 Å². The lowest BCUT2D eigenvalue weighted by atomic mass is 9.76. The fourth-order valence-electron chi connectivity index (χ4n) is 12.6. The number of benzene rings is 2. The number of carbonyl (C=O) groups excluding carboxylic acids is 1. The van der Waals surface area contributed by atoms with Gasteiger partial charge in [0.05, 0.1) is 6.10 Å². The van der Waals surface area contributed by atoms with Crippen molar-refractivity contribution in [1.29, 1.82) is 0 Å². The first-order valence-electron chi connectivity index (χ1n) is 23.3. The summed E-state index contributed by atoms with van der Waals surface area (Å²) >= 11 is 0. The smallest absolute Gasteiger partial charge is 0.331 e. The van der Waals surface area contributed by atoms with Crippen LogP contribution in [0.4, 0.5) is 0 Å². The summed E-state index contributed by atoms with van der Waals surface area (Å²) in [5, 5.41) is 18.3. The highest BCUT2D eigenvalue weighted by atomic mass is 16.5. The van der Waals surface area contributed by atoms with Crippen molar-refractivity contribution in [1.82, 2.24) is 19.6 Å². The van der Waals surface area contributed by atoms with Gasteiger partial charge in [0.2, 0.25) is 0 Å². The fraction of sp³-hybridized carbons (Fsp3) is 0.640. The molecule has 2 unspecified atom stereocenters. The number of aliphatic carboxylic acids is 1. The van der Waals surface area contributed by atoms with Crippen LogP contribution in [0, 0.1) is 13.8 Å². The Hall–Kier alpha value is -3.34. The second-order valence-corrected chi connectivity index (χ2v) is 19.2. The van der Waals surface area contributed by atoms with Crippen molar-refractivity contribution in [3.05, 3.63) is 82.9 Å². The highest BCUT2D eigenvalue weighted by Crippen LogP contribution is 2.43. The summed E-state index contributed by atoms with van der Waals surface area (Å²) in [7, 11) is 0. The van der Waals surface area contributed by atoms with Crippen LogP contribution in [0.5, 0.6) is 0 Å². The molecule has 0 radical (unpaired) electrons. The Balaban J connectivity index is 0.000000137. The molecule has 4 bridgehead atoms. The molecule has 8 fully saturated rings. The van der Waals surface area contributed by atoms with E-state index in [-0.39, 0.29) is 18.2 Å². The molecule has 0 saturated carbocycles. The predicted molar refractivity (Wildman–Crippen MR) is 235 cm³/mol. The molecule has 8 saturated heterocycles. The number of ether oxygens (including phenoxy) is 1. The molecule has 0 aliphatic carbocycles. The minimum Gasteiger partial charge on any atom is -0.478 e. The molecule has 0 spiro atoms. The summed E-state index contributed by atoms with van der Waals surface area (Å²) in [5.74, 6) is -1.12. The standard InChI is InChI=1S/C25H34N2O2.C15H26N2O.C10H10O2/c1-18-5-4-6-19(13-18)8-9-25(28)29-24-10-12-27-21-14-20-7-2-3-11-26(20)22(15-21)16-23(27)17-24;18-15-4-6-17-12-7-11-3-1-2-5-16(11)13(8-12)9-14(17)10-15;1-8-3-2-4-9(7-8)5-6-10(11)12/h4-6,8-9,13,20-24H,2-3,7,10-12,14-17H2,1H3;11-15,18H,1-10H2;2-7H,1H3,(H,11,12)/b9-8-;;6-5+/t20-,21+,22+,23-,24?;11-,12+,13+,14-,15?;/m11./s1. The predicted octanol–water partition coefficient (Wildman–Crippen LogP) is 7.87. The van der Waals surface area contributed by atoms with Gasteiger partial charge >= 0.3 is 11.9 Å². The molecular formula is C50H70N4O5. The molecule has 2 N–H and O–H groups in total. The minimum absolute atomic E-state index is 0.0257. The number of carboxylic acid groups (broad SMARTS) is 1. The van der Waals surface area contributed by atoms with Crippen LogP contribution in [0.1, 0.15) is 125 Å². The second kappa shape index (κ2) is 19.6. The van der Waals surface area contributed by atoms with Gasteiger partial charge in [0.25, 0.3) is 0 Å². The maximum Gasteiger partial charge on any atom is 0.331 e. The number of carboxylic acids is 1. The van der Waals surface area contributed by atoms with Crippen molar-refractivity contribution in [2.75, 3.05) is 26.2 Å². The molecule has 9 heteroatoms. The summed E-state index contributed by atoms with van der Waals surface area (Å²) in [6.07, 6.45) is 26.9. The number of piperidine rings is 8. The van der Waals surface area contributed by atoms with E-state index < -0.39 is 5.97 Å². The van der Waals surface area contributed by atoms with E-state index in [2.05, 4.69) is 38.7 Å². The van der Waals surface area contributed by atoms with E-state index in [1.54, 1.807) is 12.2 Å². The van der Waals surface area contributed by atoms with Crippen LogP contribution in [-0.2, 0) is 14.3 Å². The van der Waals surface area contributed by atoms with Crippen LogP contribution in [0.25, 0.3) is 12.2 Å². The Kier molecular flexibility index (Phi) is 14.1. The van der Waals surface area contributed by atoms with Gasteiger partial charge in [-0.3, -0.25) is 19.6 Å². The lowest BCUT2D eigenvalue weighted by molar-refractivity contribution is -0.150. The number of carbonyl (C=O) groups is 2. The Morgan fingerprint density at radius 3 is 1.54 bits per heavy atom. The summed E-state index contributed by atoms with van der Waals surface area (Å²) in [4.78, 5) is 33.7. The molecule has 8 heterocycles. The SMILES string of the molecule is Cc1cccc(/C=C/C(=O)O)c1.Cc1cccc(/C=C\C(=O)OC2CCN3[C@@H]4C[C@@H](C[C@@H]3C2)N2CCCC[C@@H]2C4)c1.OC1CCN2[C@@H]3C[C@@H](C[C@@H]2C1)N1CCCC[C@@H]1C3. The Morgan fingerprint density at radius 2 is 1.02 bits per heavy atom. The van der Waals surface area contributed by atoms with Crippen molar-refractivity contribution in [3.8, 4) is 0 Å². The first-order chi connectivity index (χ1) is 28.6. The zero-order valence-electron chi connectivity index (χ0n) is 35.8. The molecule has 0 aromatic heterocycles. The second-order valence-electron chi connectivity index (χ2n) is 19.2. The van der Waals surface area contributed by atoms with Crippen molar-refractivity contribution in [3.63, 3.8) is 0 Å². The first kappa shape index (κ1) is 42.4. The lowest BCUT2D eigenvalue weighted by Crippen LogP contribution is -2.65. The van der Waals surface area contributed by atoms with Gasteiger partial charge in [-0.15, -0.1) is 0 Å². The van der Waals surface area contributed by atoms with E-state index >= 15 is 0 Å². The molecule has 10 atom stereocenters. The van der Waals surface area contributed by atoms with Gasteiger partial charge in [0, 0.05) is 80.0 Å². The average Bonchev–Trinajstić information content (AvgIpc) is 3.23. The zero-order valence-corrected chi connectivity index (χ0v) is 35.8. The van der Waals surface area contributed by atoms with Gasteiger partial charge in [-0.05, 0) is 134 Å². The molecule has 0 amide bonds. The number of rotatable bonds is 5. The fourth-order valence-corrected chi connectivity index (χ4v) is 12.6. The molecule has 8 aliphatic rings. The van der Waals surface area contributed by atoms with Crippen molar-refractivity contribution < 1.29 is 24.5 Å². The van der Waals surface area contributed by atoms with Gasteiger partial charge in [-0.1, -0.05) is 72.5 Å². The van der Waals surface area contributed by atoms with E-state index in [9.17, 15) is 14.7 Å². The van der Waals surface area contributed by atoms with Gasteiger partial charge < -0.3 is 14.9 Å². The van der Waals surface area contributed by atoms with Crippen molar-refractivity contribution >= 4 is 24.1 Å². The van der Waals surface area contributed by atoms with Crippen LogP contribution >= 0.6 is 0 Å². The monoisotopic (exact) mass is 807 g/mol. The average molecular weight is 807 g/mol. The van der Waals surface area contributed by atoms with Crippen molar-refractivity contribution in [2.24, 2.45) is 0 Å². The molecule has 2 aromatic carbocycles. The number of hydrogen-bond acceptors (Lipinski definition) is 8. The van der Waals surface area contributed by atoms with Crippen molar-refractivity contribution in [2.45, 2.75) is 177 Å². The molecule has 2 aromatic rings. The van der Waals surface area contributed by atoms with Crippen LogP contribution in [0.3, 0.4) is 0 Å². The lowest BCUT2D eigenvalue weighted by Gasteiger charge is -2.58. The van der Waals surface area contributed by atoms with Gasteiger partial charge in [-0.2, -0.15) is 0 Å². The minimum atomic E-state index is -0.920. The number of aliphatic hydroxyl groups is 1. The summed E-state index contributed by atoms with van der Waals surface area (Å²) < 4.78 is 5.86. The number of esters is 1. The topological polar surface area (TPSA) is 96.8 Å². The maximum atomic E-state index is 12.4. The quantitative estimate of drug-likeness (QED) is 0.231. The highest BCUT2D eigenvalue weighted by Gasteiger charge is 2.48. The molecule has 8 aliphatic heterocycles. The normalized spacial score (nSPS) is 34.5. The Bertz CT molecular complexity index is 1800. The number of aliphatic hydroxyl groups excluding tert-OH is 1. The molecular weight excluding hydrogens is 737 g/mol. The number of aryl methyl sites for hydroxylation is 2. The zero-order chi connectivity index (χ0) is 40.9. The summed E-state index contributed by atoms with van der Waals surface area (Å²) in [6, 6.07) is 22.0. The highest BCUT2D eigenvalue weighted by molar-refractivity contribution is 5.87. The Morgan fingerprint density at radius 1 is 0.559 bits per heavy atom. The van der Waals surface area contributed by atoms with E-state index in [0.29, 0.717) is 12.1 Å². The summed E-state index contributed by atoms with van der Waals surface area (Å²) in [6.45, 7) is 8.92. The Labute approximate surface area is 353 Å². The third kappa shape index (κ3) is 10.8. The summed E-state index contributed by atoms with van der Waals surface area (Å²) in [5.41, 5.74) is 4.29. The van der Waals surface area contributed by atoms with Crippen LogP contribution < -0.4 is 0 Å². The van der Waals surface area contributed by atoms with Gasteiger partial charge in [0.1, 0.15) is 6.10 Å². The van der Waals surface area contributed by atoms with E-state index in [4.69, 9.17) is 9.84 Å². The number of nitrogens with zero attached hydrogens (tertiary/aromatic N) is 4. The number of hydrogen-bond donors (Lipinski definition) is 2. The third-order valence-electron chi connectivity index (χ3n) is 15.1. The maximum absolute atomic E-state index is 12.4. The van der Waals surface area contributed by atoms with Crippen LogP contribution in [0.15, 0.2) is 60.7 Å². The first-order valence-corrected chi connectivity index (χ1v) is 23.3. The van der Waals surface area contributed by atoms with Gasteiger partial charge in [0.15, 0.2) is 0 Å². The third-order valence-corrected chi connectivity index (χ3v) is 15.1. The largest absolute Gasteiger partial charge is 0.478 e. The molecule has 10 rings (SSSR count). The molecule has 9 nitrogen and oxygen atoms in total. The van der Waals surface area contributed by atoms with Crippen LogP contribution in [-0.4, -0.2) is 128 Å². The molecule has 59 heavy (non-hydrogen) atoms. The molecule has 320 valence electrons. The van der Waals surface area contributed by atoms with E-state index in [1.165, 1.54) is 95.7 Å². The number of fused-ring (bicyclic) bond motifs is 12. The van der Waals surface area contributed by atoms with Crippen LogP contribution in [0.2, 0.25) is 0 Å².